The second-order valence-electron chi connectivity index (χ2n) is 2.63. The molecule has 58 valence electrons. The summed E-state index contributed by atoms with van der Waals surface area (Å²) in [6, 6.07) is 0. The van der Waals surface area contributed by atoms with Crippen molar-refractivity contribution in [2.24, 2.45) is 0 Å². The third kappa shape index (κ3) is 2.19. The molecule has 0 aromatic rings. The maximum atomic E-state index is 10.9. The Balaban J connectivity index is 4.08. The summed E-state index contributed by atoms with van der Waals surface area (Å²) in [5.41, 5.74) is 0. The smallest absolute Gasteiger partial charge is 0.423 e. The van der Waals surface area contributed by atoms with Gasteiger partial charge < -0.3 is 4.74 Å². The van der Waals surface area contributed by atoms with E-state index in [0.717, 1.165) is 0 Å². The van der Waals surface area contributed by atoms with Crippen molar-refractivity contribution in [1.82, 2.24) is 0 Å². The SMILES string of the molecule is C=CC[N+](C)(C)C(=O)OC. The molecule has 1 amide bonds. The molecule has 0 bridgehead atoms. The Kier molecular flexibility index (Phi) is 3.09. The normalized spacial score (nSPS) is 10.7. The van der Waals surface area contributed by atoms with E-state index < -0.39 is 0 Å². The van der Waals surface area contributed by atoms with Crippen LogP contribution in [0.4, 0.5) is 4.79 Å². The van der Waals surface area contributed by atoms with Crippen LogP contribution in [0.15, 0.2) is 12.7 Å². The van der Waals surface area contributed by atoms with E-state index in [1.165, 1.54) is 7.11 Å². The third-order valence-electron chi connectivity index (χ3n) is 1.25. The summed E-state index contributed by atoms with van der Waals surface area (Å²) >= 11 is 0. The van der Waals surface area contributed by atoms with E-state index in [-0.39, 0.29) is 10.6 Å². The number of amides is 1. The molecule has 0 atom stereocenters. The monoisotopic (exact) mass is 144 g/mol. The Hall–Kier alpha value is -0.830. The summed E-state index contributed by atoms with van der Waals surface area (Å²) < 4.78 is 4.75. The molecule has 0 spiro atoms. The summed E-state index contributed by atoms with van der Waals surface area (Å²) in [6.45, 7) is 4.13. The van der Waals surface area contributed by atoms with Gasteiger partial charge in [0, 0.05) is 0 Å². The van der Waals surface area contributed by atoms with Gasteiger partial charge >= 0.3 is 6.09 Å². The first-order valence-corrected chi connectivity index (χ1v) is 3.07. The highest BCUT2D eigenvalue weighted by atomic mass is 16.5. The second kappa shape index (κ2) is 3.37. The van der Waals surface area contributed by atoms with Crippen LogP contribution in [-0.2, 0) is 4.74 Å². The first-order chi connectivity index (χ1) is 4.54. The molecule has 0 aromatic carbocycles. The quantitative estimate of drug-likeness (QED) is 0.427. The minimum atomic E-state index is -0.250. The topological polar surface area (TPSA) is 26.3 Å². The summed E-state index contributed by atoms with van der Waals surface area (Å²) in [5.74, 6) is 0. The first kappa shape index (κ1) is 9.17. The molecule has 3 heteroatoms. The average Bonchev–Trinajstić information content (AvgIpc) is 1.86. The molecule has 0 fully saturated rings. The minimum Gasteiger partial charge on any atom is -0.423 e. The molecule has 0 heterocycles. The molecule has 0 radical (unpaired) electrons. The molecular formula is C7H14NO2+. The average molecular weight is 144 g/mol. The van der Waals surface area contributed by atoms with E-state index in [2.05, 4.69) is 11.3 Å². The van der Waals surface area contributed by atoms with E-state index in [1.54, 1.807) is 20.2 Å². The fourth-order valence-electron chi connectivity index (χ4n) is 0.644. The number of carbonyl (C=O) groups is 1. The maximum Gasteiger partial charge on any atom is 0.515 e. The zero-order chi connectivity index (χ0) is 8.20. The number of nitrogens with zero attached hydrogens (tertiary/aromatic N) is 1. The Labute approximate surface area is 61.5 Å². The molecule has 0 unspecified atom stereocenters. The summed E-state index contributed by atoms with van der Waals surface area (Å²) in [5, 5.41) is 0. The van der Waals surface area contributed by atoms with E-state index in [9.17, 15) is 4.79 Å². The third-order valence-corrected chi connectivity index (χ3v) is 1.25. The molecule has 0 saturated carbocycles. The van der Waals surface area contributed by atoms with Gasteiger partial charge in [0.2, 0.25) is 0 Å². The highest BCUT2D eigenvalue weighted by Crippen LogP contribution is 1.99. The first-order valence-electron chi connectivity index (χ1n) is 3.07. The van der Waals surface area contributed by atoms with Crippen molar-refractivity contribution in [3.63, 3.8) is 0 Å². The number of quaternary nitrogens is 1. The number of hydrogen-bond acceptors (Lipinski definition) is 2. The van der Waals surface area contributed by atoms with Gasteiger partial charge in [-0.15, -0.1) is 0 Å². The summed E-state index contributed by atoms with van der Waals surface area (Å²) in [6.07, 6.45) is 1.44. The van der Waals surface area contributed by atoms with Crippen LogP contribution in [0.2, 0.25) is 0 Å². The van der Waals surface area contributed by atoms with Gasteiger partial charge in [-0.3, -0.25) is 0 Å². The lowest BCUT2D eigenvalue weighted by atomic mass is 10.5. The molecule has 0 saturated heterocycles. The van der Waals surface area contributed by atoms with Crippen molar-refractivity contribution in [2.75, 3.05) is 27.7 Å². The predicted octanol–water partition coefficient (Wildman–Crippen LogP) is 1.02. The molecule has 0 aliphatic carbocycles. The minimum absolute atomic E-state index is 0.194. The van der Waals surface area contributed by atoms with Gasteiger partial charge in [0.15, 0.2) is 0 Å². The fraction of sp³-hybridized carbons (Fsp3) is 0.571. The molecule has 0 rings (SSSR count). The number of rotatable bonds is 2. The van der Waals surface area contributed by atoms with Gasteiger partial charge in [0.1, 0.15) is 6.54 Å². The number of methoxy groups -OCH3 is 1. The Morgan fingerprint density at radius 3 is 2.50 bits per heavy atom. The number of hydrogen-bond donors (Lipinski definition) is 0. The standard InChI is InChI=1S/C7H14NO2/c1-5-6-8(2,3)7(9)10-4/h5H,1,6H2,2-4H3/q+1. The maximum absolute atomic E-state index is 10.9. The van der Waals surface area contributed by atoms with Crippen molar-refractivity contribution >= 4 is 6.09 Å². The van der Waals surface area contributed by atoms with Gasteiger partial charge in [-0.1, -0.05) is 6.58 Å². The zero-order valence-corrected chi connectivity index (χ0v) is 6.76. The lowest BCUT2D eigenvalue weighted by Crippen LogP contribution is -2.45. The van der Waals surface area contributed by atoms with Crippen molar-refractivity contribution in [3.8, 4) is 0 Å². The molecule has 3 nitrogen and oxygen atoms in total. The fourth-order valence-corrected chi connectivity index (χ4v) is 0.644. The lowest BCUT2D eigenvalue weighted by Gasteiger charge is -2.22. The molecule has 0 aliphatic heterocycles. The number of likely N-dealkylation sites (N-methyl/N-ethyl adjacent to an activating group) is 1. The highest BCUT2D eigenvalue weighted by Gasteiger charge is 2.25. The van der Waals surface area contributed by atoms with Gasteiger partial charge in [0.25, 0.3) is 0 Å². The predicted molar refractivity (Wildman–Crippen MR) is 39.6 cm³/mol. The van der Waals surface area contributed by atoms with E-state index in [4.69, 9.17) is 0 Å². The highest BCUT2D eigenvalue weighted by molar-refractivity contribution is 5.59. The molecule has 10 heavy (non-hydrogen) atoms. The largest absolute Gasteiger partial charge is 0.515 e. The van der Waals surface area contributed by atoms with Crippen molar-refractivity contribution < 1.29 is 14.0 Å². The molecule has 0 N–H and O–H groups in total. The van der Waals surface area contributed by atoms with Crippen LogP contribution < -0.4 is 0 Å². The van der Waals surface area contributed by atoms with Crippen LogP contribution >= 0.6 is 0 Å². The molecular weight excluding hydrogens is 130 g/mol. The van der Waals surface area contributed by atoms with Crippen LogP contribution in [0.1, 0.15) is 0 Å². The van der Waals surface area contributed by atoms with E-state index >= 15 is 0 Å². The second-order valence-corrected chi connectivity index (χ2v) is 2.63. The van der Waals surface area contributed by atoms with Crippen LogP contribution in [-0.4, -0.2) is 38.3 Å². The molecule has 0 aromatic heterocycles. The van der Waals surface area contributed by atoms with E-state index in [1.807, 2.05) is 0 Å². The van der Waals surface area contributed by atoms with Crippen LogP contribution in [0, 0.1) is 0 Å². The number of ether oxygens (including phenoxy) is 1. The Morgan fingerprint density at radius 1 is 1.70 bits per heavy atom. The Morgan fingerprint density at radius 2 is 2.20 bits per heavy atom. The Bertz CT molecular complexity index is 141. The van der Waals surface area contributed by atoms with E-state index in [0.29, 0.717) is 6.54 Å². The lowest BCUT2D eigenvalue weighted by molar-refractivity contribution is -0.810. The van der Waals surface area contributed by atoms with Crippen molar-refractivity contribution in [1.29, 1.82) is 0 Å². The van der Waals surface area contributed by atoms with Gasteiger partial charge in [-0.2, -0.15) is 4.79 Å². The molecule has 0 aliphatic rings. The summed E-state index contributed by atoms with van der Waals surface area (Å²) in [7, 11) is 4.92. The van der Waals surface area contributed by atoms with Gasteiger partial charge in [-0.05, 0) is 6.08 Å². The van der Waals surface area contributed by atoms with Crippen LogP contribution in [0.25, 0.3) is 0 Å². The number of carbonyl (C=O) groups excluding carboxylic acids is 1. The van der Waals surface area contributed by atoms with Crippen LogP contribution in [0.3, 0.4) is 0 Å². The zero-order valence-electron chi connectivity index (χ0n) is 6.76. The van der Waals surface area contributed by atoms with Crippen molar-refractivity contribution in [3.05, 3.63) is 12.7 Å². The van der Waals surface area contributed by atoms with Crippen LogP contribution in [0.5, 0.6) is 0 Å². The summed E-state index contributed by atoms with van der Waals surface area (Å²) in [4.78, 5) is 10.9. The van der Waals surface area contributed by atoms with Gasteiger partial charge in [0.05, 0.1) is 21.2 Å². The van der Waals surface area contributed by atoms with Gasteiger partial charge in [-0.25, -0.2) is 4.48 Å². The van der Waals surface area contributed by atoms with Crippen molar-refractivity contribution in [2.45, 2.75) is 0 Å².